The summed E-state index contributed by atoms with van der Waals surface area (Å²) in [5.74, 6) is 2.99. The number of allylic oxidation sites excluding steroid dienone is 3. The smallest absolute Gasteiger partial charge is 0.219 e. The number of Topliss-reactive ketones (excluding diaryl/α,β-unsaturated/α-hetero) is 1. The third kappa shape index (κ3) is 3.54. The lowest BCUT2D eigenvalue weighted by molar-refractivity contribution is -0.118. The number of aromatic nitrogens is 2. The molecule has 2 N–H and O–H groups in total. The molecule has 152 valence electrons. The largest absolute Gasteiger partial charge is 0.384 e. The van der Waals surface area contributed by atoms with Crippen LogP contribution in [0.15, 0.2) is 44.5 Å². The Balaban J connectivity index is 1.90. The molecule has 2 aromatic heterocycles. The van der Waals surface area contributed by atoms with Crippen LogP contribution in [0.3, 0.4) is 0 Å². The minimum absolute atomic E-state index is 0.0522. The SMILES string of the molecule is C#CCSc1nnc(N2C(N)=C(C#N)C(c3cccs3)C3=C2CC(C)(C)CC3=O)s1. The van der Waals surface area contributed by atoms with E-state index in [0.717, 1.165) is 14.9 Å². The van der Waals surface area contributed by atoms with Crippen LogP contribution in [0.2, 0.25) is 0 Å². The molecule has 0 spiro atoms. The number of anilines is 1. The highest BCUT2D eigenvalue weighted by Gasteiger charge is 2.45. The van der Waals surface area contributed by atoms with E-state index >= 15 is 0 Å². The summed E-state index contributed by atoms with van der Waals surface area (Å²) in [6.07, 6.45) is 6.43. The summed E-state index contributed by atoms with van der Waals surface area (Å²) in [7, 11) is 0. The fourth-order valence-corrected chi connectivity index (χ4v) is 6.33. The molecule has 1 aliphatic heterocycles. The zero-order chi connectivity index (χ0) is 21.5. The van der Waals surface area contributed by atoms with Gasteiger partial charge in [-0.2, -0.15) is 5.26 Å². The summed E-state index contributed by atoms with van der Waals surface area (Å²) in [5.41, 5.74) is 8.17. The first-order valence-corrected chi connectivity index (χ1v) is 11.9. The van der Waals surface area contributed by atoms with Gasteiger partial charge in [0.1, 0.15) is 5.82 Å². The Morgan fingerprint density at radius 3 is 2.90 bits per heavy atom. The molecule has 9 heteroatoms. The van der Waals surface area contributed by atoms with E-state index in [4.69, 9.17) is 12.2 Å². The Bertz CT molecular complexity index is 1140. The molecule has 0 bridgehead atoms. The summed E-state index contributed by atoms with van der Waals surface area (Å²) >= 11 is 4.30. The van der Waals surface area contributed by atoms with Crippen molar-refractivity contribution in [2.45, 2.75) is 36.9 Å². The summed E-state index contributed by atoms with van der Waals surface area (Å²) in [4.78, 5) is 16.0. The molecule has 1 aliphatic carbocycles. The number of thioether (sulfide) groups is 1. The summed E-state index contributed by atoms with van der Waals surface area (Å²) in [6, 6.07) is 6.14. The monoisotopic (exact) mass is 453 g/mol. The highest BCUT2D eigenvalue weighted by atomic mass is 32.2. The van der Waals surface area contributed by atoms with Crippen molar-refractivity contribution in [1.29, 1.82) is 5.26 Å². The van der Waals surface area contributed by atoms with Crippen molar-refractivity contribution in [2.75, 3.05) is 10.7 Å². The third-order valence-corrected chi connectivity index (χ3v) is 7.96. The van der Waals surface area contributed by atoms with Gasteiger partial charge in [0.2, 0.25) is 5.13 Å². The topological polar surface area (TPSA) is 95.9 Å². The average molecular weight is 454 g/mol. The predicted molar refractivity (Wildman–Crippen MR) is 121 cm³/mol. The number of nitrogens with two attached hydrogens (primary N) is 1. The average Bonchev–Trinajstić information content (AvgIpc) is 3.36. The number of carbonyl (C=O) groups excluding carboxylic acids is 1. The van der Waals surface area contributed by atoms with Gasteiger partial charge in [-0.25, -0.2) is 0 Å². The Hall–Kier alpha value is -2.59. The zero-order valence-electron chi connectivity index (χ0n) is 16.5. The van der Waals surface area contributed by atoms with Crippen molar-refractivity contribution >= 4 is 45.4 Å². The van der Waals surface area contributed by atoms with Crippen LogP contribution in [-0.2, 0) is 4.79 Å². The molecule has 2 aromatic rings. The van der Waals surface area contributed by atoms with E-state index in [1.54, 1.807) is 4.90 Å². The van der Waals surface area contributed by atoms with Gasteiger partial charge in [0.25, 0.3) is 0 Å². The lowest BCUT2D eigenvalue weighted by Gasteiger charge is -2.42. The van der Waals surface area contributed by atoms with Crippen molar-refractivity contribution in [3.63, 3.8) is 0 Å². The van der Waals surface area contributed by atoms with Crippen molar-refractivity contribution in [2.24, 2.45) is 11.1 Å². The molecule has 0 aromatic carbocycles. The Morgan fingerprint density at radius 2 is 2.23 bits per heavy atom. The fourth-order valence-electron chi connectivity index (χ4n) is 3.92. The molecule has 0 amide bonds. The van der Waals surface area contributed by atoms with Gasteiger partial charge in [-0.05, 0) is 23.3 Å². The van der Waals surface area contributed by atoms with Crippen molar-refractivity contribution in [1.82, 2.24) is 10.2 Å². The molecule has 4 rings (SSSR count). The van der Waals surface area contributed by atoms with Gasteiger partial charge in [-0.15, -0.1) is 28.0 Å². The number of hydrogen-bond donors (Lipinski definition) is 1. The molecular formula is C21H19N5OS3. The van der Waals surface area contributed by atoms with E-state index in [1.807, 2.05) is 17.5 Å². The standard InChI is InChI=1S/C21H19N5OS3/c1-4-7-29-20-25-24-19(30-20)26-13-9-21(2,3)10-14(27)17(13)16(12(11-22)18(26)23)15-6-5-8-28-15/h1,5-6,8,16H,7,9-10,23H2,2-3H3. The Labute approximate surface area is 187 Å². The fraction of sp³-hybridized carbons (Fsp3) is 0.333. The highest BCUT2D eigenvalue weighted by Crippen LogP contribution is 2.51. The van der Waals surface area contributed by atoms with Crippen LogP contribution in [0.1, 0.15) is 37.5 Å². The van der Waals surface area contributed by atoms with Gasteiger partial charge in [0.15, 0.2) is 10.1 Å². The van der Waals surface area contributed by atoms with Crippen molar-refractivity contribution < 1.29 is 4.79 Å². The molecule has 0 fully saturated rings. The van der Waals surface area contributed by atoms with Crippen LogP contribution in [-0.4, -0.2) is 21.7 Å². The second kappa shape index (κ2) is 7.92. The lowest BCUT2D eigenvalue weighted by atomic mass is 9.70. The normalized spacial score (nSPS) is 20.7. The maximum atomic E-state index is 13.3. The number of thiophene rings is 1. The number of rotatable bonds is 4. The molecule has 0 saturated heterocycles. The highest BCUT2D eigenvalue weighted by molar-refractivity contribution is 8.01. The third-order valence-electron chi connectivity index (χ3n) is 5.07. The first-order valence-electron chi connectivity index (χ1n) is 9.25. The zero-order valence-corrected chi connectivity index (χ0v) is 19.0. The lowest BCUT2D eigenvalue weighted by Crippen LogP contribution is -2.42. The van der Waals surface area contributed by atoms with Gasteiger partial charge in [-0.1, -0.05) is 48.9 Å². The van der Waals surface area contributed by atoms with Crippen LogP contribution in [0.4, 0.5) is 5.13 Å². The van der Waals surface area contributed by atoms with E-state index in [2.05, 4.69) is 36.0 Å². The molecule has 30 heavy (non-hydrogen) atoms. The van der Waals surface area contributed by atoms with E-state index in [9.17, 15) is 10.1 Å². The maximum Gasteiger partial charge on any atom is 0.219 e. The summed E-state index contributed by atoms with van der Waals surface area (Å²) in [6.45, 7) is 4.14. The molecule has 3 heterocycles. The molecule has 2 aliphatic rings. The van der Waals surface area contributed by atoms with Gasteiger partial charge in [0.05, 0.1) is 23.3 Å². The second-order valence-electron chi connectivity index (χ2n) is 7.84. The Morgan fingerprint density at radius 1 is 1.43 bits per heavy atom. The maximum absolute atomic E-state index is 13.3. The van der Waals surface area contributed by atoms with E-state index < -0.39 is 5.92 Å². The van der Waals surface area contributed by atoms with Crippen LogP contribution in [0.25, 0.3) is 0 Å². The number of terminal acetylenes is 1. The Kier molecular flexibility index (Phi) is 5.46. The minimum atomic E-state index is -0.437. The predicted octanol–water partition coefficient (Wildman–Crippen LogP) is 4.27. The van der Waals surface area contributed by atoms with Crippen molar-refractivity contribution in [3.8, 4) is 18.4 Å². The van der Waals surface area contributed by atoms with Gasteiger partial charge in [-0.3, -0.25) is 9.69 Å². The van der Waals surface area contributed by atoms with Crippen LogP contribution < -0.4 is 10.6 Å². The molecule has 0 radical (unpaired) electrons. The number of nitriles is 1. The van der Waals surface area contributed by atoms with Crippen LogP contribution in [0.5, 0.6) is 0 Å². The first kappa shape index (κ1) is 20.7. The van der Waals surface area contributed by atoms with E-state index in [-0.39, 0.29) is 11.2 Å². The number of hydrogen-bond acceptors (Lipinski definition) is 9. The molecule has 6 nitrogen and oxygen atoms in total. The molecule has 0 saturated carbocycles. The van der Waals surface area contributed by atoms with Crippen LogP contribution in [0, 0.1) is 29.1 Å². The minimum Gasteiger partial charge on any atom is -0.384 e. The van der Waals surface area contributed by atoms with Gasteiger partial charge < -0.3 is 5.73 Å². The van der Waals surface area contributed by atoms with E-state index in [0.29, 0.717) is 40.7 Å². The number of carbonyl (C=O) groups is 1. The quantitative estimate of drug-likeness (QED) is 0.546. The number of ketones is 1. The first-order chi connectivity index (χ1) is 14.4. The van der Waals surface area contributed by atoms with Crippen LogP contribution >= 0.6 is 34.4 Å². The van der Waals surface area contributed by atoms with Gasteiger partial charge in [0, 0.05) is 22.6 Å². The number of nitrogens with zero attached hydrogens (tertiary/aromatic N) is 4. The van der Waals surface area contributed by atoms with E-state index in [1.165, 1.54) is 34.4 Å². The summed E-state index contributed by atoms with van der Waals surface area (Å²) < 4.78 is 0.721. The summed E-state index contributed by atoms with van der Waals surface area (Å²) in [5, 5.41) is 21.0. The van der Waals surface area contributed by atoms with Gasteiger partial charge >= 0.3 is 0 Å². The second-order valence-corrected chi connectivity index (χ2v) is 11.0. The molecule has 1 unspecified atom stereocenters. The molecular weight excluding hydrogens is 434 g/mol. The van der Waals surface area contributed by atoms with Crippen molar-refractivity contribution in [3.05, 3.63) is 45.1 Å². The molecule has 1 atom stereocenters.